The number of rotatable bonds is 1. The van der Waals surface area contributed by atoms with Gasteiger partial charge < -0.3 is 16.6 Å². The van der Waals surface area contributed by atoms with Crippen LogP contribution in [0.1, 0.15) is 15.9 Å². The predicted molar refractivity (Wildman–Crippen MR) is 53.9 cm³/mol. The van der Waals surface area contributed by atoms with Crippen LogP contribution in [-0.2, 0) is 4.79 Å². The minimum absolute atomic E-state index is 0.0668. The van der Waals surface area contributed by atoms with E-state index >= 15 is 0 Å². The molecule has 76 valence electrons. The molecule has 0 aromatic heterocycles. The molecule has 1 rings (SSSR count). The van der Waals surface area contributed by atoms with Gasteiger partial charge in [0, 0.05) is 17.2 Å². The molecule has 0 aliphatic heterocycles. The van der Waals surface area contributed by atoms with Crippen molar-refractivity contribution in [2.24, 2.45) is 5.73 Å². The van der Waals surface area contributed by atoms with Crippen LogP contribution in [0.3, 0.4) is 0 Å². The van der Waals surface area contributed by atoms with Gasteiger partial charge in [0.05, 0.1) is 5.56 Å². The van der Waals surface area contributed by atoms with Gasteiger partial charge in [-0.2, -0.15) is 0 Å². The highest BCUT2D eigenvalue weighted by molar-refractivity contribution is 5.93. The minimum Gasteiger partial charge on any atom is -0.478 e. The Bertz CT molecular complexity index is 483. The number of amides is 1. The number of carboxylic acids is 1. The summed E-state index contributed by atoms with van der Waals surface area (Å²) in [5.41, 5.74) is 11.0. The van der Waals surface area contributed by atoms with Gasteiger partial charge in [-0.05, 0) is 18.2 Å². The Morgan fingerprint density at radius 2 is 2.00 bits per heavy atom. The molecule has 0 spiro atoms. The molecule has 0 radical (unpaired) electrons. The summed E-state index contributed by atoms with van der Waals surface area (Å²) in [6, 6.07) is 4.05. The molecule has 0 saturated heterocycles. The summed E-state index contributed by atoms with van der Waals surface area (Å²) in [6.45, 7) is 0. The lowest BCUT2D eigenvalue weighted by molar-refractivity contribution is -0.112. The average Bonchev–Trinajstić information content (AvgIpc) is 2.15. The maximum atomic E-state index is 10.6. The molecule has 1 aromatic carbocycles. The first-order valence-electron chi connectivity index (χ1n) is 3.95. The van der Waals surface area contributed by atoms with Crippen LogP contribution in [0.25, 0.3) is 0 Å². The van der Waals surface area contributed by atoms with E-state index in [1.165, 1.54) is 18.2 Å². The molecule has 0 saturated carbocycles. The Balaban J connectivity index is 3.10. The number of hydrogen-bond donors (Lipinski definition) is 3. The number of anilines is 1. The summed E-state index contributed by atoms with van der Waals surface area (Å²) in [6.07, 6.45) is 0. The van der Waals surface area contributed by atoms with Gasteiger partial charge in [0.2, 0.25) is 0 Å². The fourth-order valence-corrected chi connectivity index (χ4v) is 0.939. The van der Waals surface area contributed by atoms with Crippen molar-refractivity contribution in [3.05, 3.63) is 29.3 Å². The number of hydrogen-bond acceptors (Lipinski definition) is 3. The highest BCUT2D eigenvalue weighted by atomic mass is 16.4. The van der Waals surface area contributed by atoms with Crippen molar-refractivity contribution in [3.8, 4) is 11.8 Å². The maximum absolute atomic E-state index is 10.6. The Hall–Kier alpha value is -2.48. The lowest BCUT2D eigenvalue weighted by atomic mass is 10.1. The van der Waals surface area contributed by atoms with Gasteiger partial charge in [-0.15, -0.1) is 0 Å². The molecule has 5 heteroatoms. The Labute approximate surface area is 85.7 Å². The summed E-state index contributed by atoms with van der Waals surface area (Å²) >= 11 is 0. The zero-order valence-corrected chi connectivity index (χ0v) is 7.65. The first-order valence-corrected chi connectivity index (χ1v) is 3.95. The second kappa shape index (κ2) is 4.15. The van der Waals surface area contributed by atoms with E-state index < -0.39 is 11.9 Å². The molecule has 0 aliphatic rings. The molecular formula is C10H8N2O3. The van der Waals surface area contributed by atoms with Crippen LogP contribution in [0, 0.1) is 11.8 Å². The van der Waals surface area contributed by atoms with Gasteiger partial charge in [-0.25, -0.2) is 4.79 Å². The third kappa shape index (κ3) is 2.74. The Morgan fingerprint density at radius 1 is 1.33 bits per heavy atom. The first-order chi connectivity index (χ1) is 7.00. The quantitative estimate of drug-likeness (QED) is 0.435. The topological polar surface area (TPSA) is 106 Å². The zero-order chi connectivity index (χ0) is 11.4. The van der Waals surface area contributed by atoms with E-state index in [-0.39, 0.29) is 11.3 Å². The lowest BCUT2D eigenvalue weighted by Crippen LogP contribution is -2.06. The molecule has 0 atom stereocenters. The fourth-order valence-electron chi connectivity index (χ4n) is 0.939. The molecule has 1 aromatic rings. The highest BCUT2D eigenvalue weighted by Crippen LogP contribution is 2.12. The number of primary amides is 1. The van der Waals surface area contributed by atoms with Gasteiger partial charge >= 0.3 is 5.97 Å². The molecule has 0 bridgehead atoms. The van der Waals surface area contributed by atoms with E-state index in [4.69, 9.17) is 16.6 Å². The van der Waals surface area contributed by atoms with Crippen LogP contribution in [0.15, 0.2) is 18.2 Å². The summed E-state index contributed by atoms with van der Waals surface area (Å²) in [5, 5.41) is 8.65. The molecule has 15 heavy (non-hydrogen) atoms. The van der Waals surface area contributed by atoms with Gasteiger partial charge in [-0.1, -0.05) is 5.92 Å². The van der Waals surface area contributed by atoms with Crippen LogP contribution >= 0.6 is 0 Å². The SMILES string of the molecule is NC(=O)C#Cc1ccc(C(=O)O)cc1N. The lowest BCUT2D eigenvalue weighted by Gasteiger charge is -1.99. The van der Waals surface area contributed by atoms with Crippen molar-refractivity contribution in [1.82, 2.24) is 0 Å². The van der Waals surface area contributed by atoms with Crippen molar-refractivity contribution in [2.75, 3.05) is 5.73 Å². The number of nitrogens with two attached hydrogens (primary N) is 2. The van der Waals surface area contributed by atoms with Gasteiger partial charge in [0.15, 0.2) is 0 Å². The average molecular weight is 204 g/mol. The standard InChI is InChI=1S/C10H8N2O3/c11-8-5-7(10(14)15)2-1-6(8)3-4-9(12)13/h1-2,5H,11H2,(H2,12,13)(H,14,15). The maximum Gasteiger partial charge on any atom is 0.335 e. The molecule has 0 fully saturated rings. The summed E-state index contributed by atoms with van der Waals surface area (Å²) < 4.78 is 0. The number of carbonyl (C=O) groups is 2. The second-order valence-electron chi connectivity index (χ2n) is 2.72. The van der Waals surface area contributed by atoms with E-state index in [2.05, 4.69) is 11.8 Å². The van der Waals surface area contributed by atoms with Crippen molar-refractivity contribution in [1.29, 1.82) is 0 Å². The third-order valence-electron chi connectivity index (χ3n) is 1.62. The van der Waals surface area contributed by atoms with Crippen LogP contribution in [-0.4, -0.2) is 17.0 Å². The summed E-state index contributed by atoms with van der Waals surface area (Å²) in [4.78, 5) is 20.9. The number of nitrogen functional groups attached to an aromatic ring is 1. The van der Waals surface area contributed by atoms with Crippen molar-refractivity contribution in [2.45, 2.75) is 0 Å². The van der Waals surface area contributed by atoms with E-state index in [1.807, 2.05) is 0 Å². The number of carboxylic acid groups (broad SMARTS) is 1. The van der Waals surface area contributed by atoms with E-state index in [9.17, 15) is 9.59 Å². The molecule has 1 amide bonds. The van der Waals surface area contributed by atoms with Crippen LogP contribution in [0.2, 0.25) is 0 Å². The molecular weight excluding hydrogens is 196 g/mol. The minimum atomic E-state index is -1.07. The second-order valence-corrected chi connectivity index (χ2v) is 2.72. The monoisotopic (exact) mass is 204 g/mol. The number of aromatic carboxylic acids is 1. The van der Waals surface area contributed by atoms with Gasteiger partial charge in [0.1, 0.15) is 0 Å². The van der Waals surface area contributed by atoms with Crippen LogP contribution in [0.4, 0.5) is 5.69 Å². The van der Waals surface area contributed by atoms with Crippen molar-refractivity contribution >= 4 is 17.6 Å². The summed E-state index contributed by atoms with van der Waals surface area (Å²) in [5.74, 6) is 2.71. The zero-order valence-electron chi connectivity index (χ0n) is 7.65. The molecule has 0 heterocycles. The van der Waals surface area contributed by atoms with Crippen LogP contribution < -0.4 is 11.5 Å². The van der Waals surface area contributed by atoms with Crippen molar-refractivity contribution in [3.63, 3.8) is 0 Å². The molecule has 0 unspecified atom stereocenters. The Morgan fingerprint density at radius 3 is 2.47 bits per heavy atom. The smallest absolute Gasteiger partial charge is 0.335 e. The van der Waals surface area contributed by atoms with Gasteiger partial charge in [0.25, 0.3) is 5.91 Å². The van der Waals surface area contributed by atoms with E-state index in [1.54, 1.807) is 0 Å². The molecule has 5 nitrogen and oxygen atoms in total. The first kappa shape index (κ1) is 10.6. The van der Waals surface area contributed by atoms with Crippen LogP contribution in [0.5, 0.6) is 0 Å². The molecule has 0 aliphatic carbocycles. The molecule has 5 N–H and O–H groups in total. The van der Waals surface area contributed by atoms with E-state index in [0.29, 0.717) is 5.56 Å². The number of carbonyl (C=O) groups excluding carboxylic acids is 1. The van der Waals surface area contributed by atoms with Crippen molar-refractivity contribution < 1.29 is 14.7 Å². The van der Waals surface area contributed by atoms with Gasteiger partial charge in [-0.3, -0.25) is 4.79 Å². The number of benzene rings is 1. The predicted octanol–water partition coefficient (Wildman–Crippen LogP) is -0.196. The summed E-state index contributed by atoms with van der Waals surface area (Å²) in [7, 11) is 0. The normalized spacial score (nSPS) is 8.80. The third-order valence-corrected chi connectivity index (χ3v) is 1.62. The van der Waals surface area contributed by atoms with E-state index in [0.717, 1.165) is 0 Å². The Kier molecular flexibility index (Phi) is 2.94. The highest BCUT2D eigenvalue weighted by Gasteiger charge is 2.04. The fraction of sp³-hybridized carbons (Fsp3) is 0. The largest absolute Gasteiger partial charge is 0.478 e.